The summed E-state index contributed by atoms with van der Waals surface area (Å²) >= 11 is 0. The van der Waals surface area contributed by atoms with Crippen molar-refractivity contribution in [3.63, 3.8) is 0 Å². The zero-order valence-corrected chi connectivity index (χ0v) is 18.4. The minimum atomic E-state index is -1.09. The maximum Gasteiger partial charge on any atom is 0.201 e. The monoisotopic (exact) mass is 428 g/mol. The van der Waals surface area contributed by atoms with Crippen molar-refractivity contribution in [3.05, 3.63) is 58.4 Å². The summed E-state index contributed by atoms with van der Waals surface area (Å²) in [7, 11) is 1.27. The van der Waals surface area contributed by atoms with Gasteiger partial charge >= 0.3 is 0 Å². The Morgan fingerprint density at radius 3 is 2.23 bits per heavy atom. The van der Waals surface area contributed by atoms with Crippen LogP contribution in [-0.4, -0.2) is 7.11 Å². The van der Waals surface area contributed by atoms with Crippen LogP contribution in [-0.2, 0) is 6.42 Å². The molecule has 0 heterocycles. The van der Waals surface area contributed by atoms with Gasteiger partial charge in [0.25, 0.3) is 0 Å². The lowest BCUT2D eigenvalue weighted by atomic mass is 9.78. The van der Waals surface area contributed by atoms with E-state index in [1.807, 2.05) is 6.07 Å². The number of hydrogen-bond donors (Lipinski definition) is 0. The fourth-order valence-electron chi connectivity index (χ4n) is 5.22. The van der Waals surface area contributed by atoms with E-state index < -0.39 is 17.5 Å². The van der Waals surface area contributed by atoms with Gasteiger partial charge in [0.15, 0.2) is 11.6 Å². The van der Waals surface area contributed by atoms with Gasteiger partial charge in [-0.15, -0.1) is 0 Å². The first-order valence-corrected chi connectivity index (χ1v) is 11.5. The molecular formula is C27H31F3O. The van der Waals surface area contributed by atoms with E-state index in [2.05, 4.69) is 13.0 Å². The Morgan fingerprint density at radius 2 is 1.52 bits per heavy atom. The van der Waals surface area contributed by atoms with Gasteiger partial charge in [-0.1, -0.05) is 62.8 Å². The van der Waals surface area contributed by atoms with Crippen molar-refractivity contribution in [1.82, 2.24) is 0 Å². The first-order chi connectivity index (χ1) is 15.0. The van der Waals surface area contributed by atoms with Gasteiger partial charge in [0, 0.05) is 11.1 Å². The number of ether oxygens (including phenoxy) is 1. The molecule has 0 atom stereocenters. The number of hydrogen-bond acceptors (Lipinski definition) is 1. The molecule has 0 aliphatic heterocycles. The van der Waals surface area contributed by atoms with Gasteiger partial charge in [0.2, 0.25) is 5.82 Å². The zero-order valence-electron chi connectivity index (χ0n) is 18.4. The SMILES string of the molecule is CCC1CCC(CCC2=Cc3ccc(-c4ccc(OC)c(F)c4F)c(F)c3CC2)CC1. The highest BCUT2D eigenvalue weighted by molar-refractivity contribution is 5.71. The third kappa shape index (κ3) is 4.53. The van der Waals surface area contributed by atoms with Gasteiger partial charge in [-0.3, -0.25) is 0 Å². The Labute approximate surface area is 183 Å². The standard InChI is InChI=1S/C27H31F3O/c1-3-17-4-6-18(7-5-17)8-9-19-10-12-21-20(16-19)11-13-22(25(21)28)23-14-15-24(31-2)27(30)26(23)29/h11,13-18H,3-10,12H2,1-2H3. The topological polar surface area (TPSA) is 9.23 Å². The first-order valence-electron chi connectivity index (χ1n) is 11.5. The molecule has 1 saturated carbocycles. The Hall–Kier alpha value is -2.23. The number of benzene rings is 2. The number of methoxy groups -OCH3 is 1. The summed E-state index contributed by atoms with van der Waals surface area (Å²) in [6.45, 7) is 2.29. The minimum absolute atomic E-state index is 0.0731. The highest BCUT2D eigenvalue weighted by Crippen LogP contribution is 2.38. The van der Waals surface area contributed by atoms with E-state index in [1.54, 1.807) is 6.07 Å². The van der Waals surface area contributed by atoms with Crippen LogP contribution in [0.2, 0.25) is 0 Å². The molecule has 2 aliphatic carbocycles. The van der Waals surface area contributed by atoms with Gasteiger partial charge in [0.05, 0.1) is 7.11 Å². The molecule has 0 N–H and O–H groups in total. The molecule has 31 heavy (non-hydrogen) atoms. The lowest BCUT2D eigenvalue weighted by Crippen LogP contribution is -2.14. The van der Waals surface area contributed by atoms with Gasteiger partial charge in [-0.25, -0.2) is 8.78 Å². The summed E-state index contributed by atoms with van der Waals surface area (Å²) < 4.78 is 48.7. The molecule has 4 rings (SSSR count). The van der Waals surface area contributed by atoms with E-state index in [-0.39, 0.29) is 16.9 Å². The third-order valence-electron chi connectivity index (χ3n) is 7.31. The number of allylic oxidation sites excluding steroid dienone is 1. The Morgan fingerprint density at radius 1 is 0.839 bits per heavy atom. The Kier molecular flexibility index (Phi) is 6.74. The van der Waals surface area contributed by atoms with Crippen molar-refractivity contribution < 1.29 is 17.9 Å². The van der Waals surface area contributed by atoms with E-state index in [9.17, 15) is 8.78 Å². The van der Waals surface area contributed by atoms with Crippen LogP contribution >= 0.6 is 0 Å². The van der Waals surface area contributed by atoms with Crippen LogP contribution in [0.15, 0.2) is 29.8 Å². The van der Waals surface area contributed by atoms with Gasteiger partial charge in [-0.05, 0) is 60.8 Å². The Bertz CT molecular complexity index is 971. The second-order valence-corrected chi connectivity index (χ2v) is 9.07. The fraction of sp³-hybridized carbons (Fsp3) is 0.481. The van der Waals surface area contributed by atoms with Gasteiger partial charge in [-0.2, -0.15) is 4.39 Å². The van der Waals surface area contributed by atoms with Crippen molar-refractivity contribution in [1.29, 1.82) is 0 Å². The normalized spacial score (nSPS) is 20.9. The molecule has 2 aromatic carbocycles. The van der Waals surface area contributed by atoms with Crippen molar-refractivity contribution in [2.45, 2.75) is 64.7 Å². The van der Waals surface area contributed by atoms with E-state index >= 15 is 4.39 Å². The molecule has 0 radical (unpaired) electrons. The molecule has 1 nitrogen and oxygen atoms in total. The molecular weight excluding hydrogens is 397 g/mol. The van der Waals surface area contributed by atoms with Crippen molar-refractivity contribution in [3.8, 4) is 16.9 Å². The summed E-state index contributed by atoms with van der Waals surface area (Å²) in [4.78, 5) is 0. The molecule has 2 aromatic rings. The Balaban J connectivity index is 1.50. The second-order valence-electron chi connectivity index (χ2n) is 9.07. The van der Waals surface area contributed by atoms with Crippen molar-refractivity contribution in [2.75, 3.05) is 7.11 Å². The van der Waals surface area contributed by atoms with E-state index in [0.29, 0.717) is 12.0 Å². The van der Waals surface area contributed by atoms with Gasteiger partial charge < -0.3 is 4.74 Å². The third-order valence-corrected chi connectivity index (χ3v) is 7.31. The van der Waals surface area contributed by atoms with Crippen LogP contribution in [0.5, 0.6) is 5.75 Å². The molecule has 0 aromatic heterocycles. The summed E-state index contributed by atoms with van der Waals surface area (Å²) in [6, 6.07) is 6.10. The summed E-state index contributed by atoms with van der Waals surface area (Å²) in [5, 5.41) is 0. The summed E-state index contributed by atoms with van der Waals surface area (Å²) in [6.07, 6.45) is 12.5. The predicted octanol–water partition coefficient (Wildman–Crippen LogP) is 8.11. The predicted molar refractivity (Wildman–Crippen MR) is 120 cm³/mol. The number of fused-ring (bicyclic) bond motifs is 1. The molecule has 0 bridgehead atoms. The van der Waals surface area contributed by atoms with Crippen LogP contribution in [0.1, 0.15) is 69.4 Å². The smallest absolute Gasteiger partial charge is 0.201 e. The van der Waals surface area contributed by atoms with Gasteiger partial charge in [0.1, 0.15) is 5.82 Å². The van der Waals surface area contributed by atoms with Crippen molar-refractivity contribution in [2.24, 2.45) is 11.8 Å². The average Bonchev–Trinajstić information content (AvgIpc) is 2.80. The average molecular weight is 429 g/mol. The van der Waals surface area contributed by atoms with Crippen LogP contribution in [0.25, 0.3) is 17.2 Å². The quantitative estimate of drug-likeness (QED) is 0.451. The maximum absolute atomic E-state index is 15.3. The number of halogens is 3. The van der Waals surface area contributed by atoms with Crippen molar-refractivity contribution >= 4 is 6.08 Å². The lowest BCUT2D eigenvalue weighted by Gasteiger charge is -2.28. The zero-order chi connectivity index (χ0) is 22.0. The second kappa shape index (κ2) is 9.50. The molecule has 2 aliphatic rings. The summed E-state index contributed by atoms with van der Waals surface area (Å²) in [5.74, 6) is -1.07. The molecule has 0 amide bonds. The van der Waals surface area contributed by atoms with E-state index in [0.717, 1.165) is 30.2 Å². The summed E-state index contributed by atoms with van der Waals surface area (Å²) in [5.41, 5.74) is 2.87. The number of rotatable bonds is 6. The molecule has 0 spiro atoms. The first kappa shape index (κ1) is 22.0. The van der Waals surface area contributed by atoms with Crippen LogP contribution in [0.4, 0.5) is 13.2 Å². The molecule has 1 fully saturated rings. The highest BCUT2D eigenvalue weighted by Gasteiger charge is 2.23. The lowest BCUT2D eigenvalue weighted by molar-refractivity contribution is 0.258. The highest BCUT2D eigenvalue weighted by atomic mass is 19.2. The van der Waals surface area contributed by atoms with Crippen LogP contribution < -0.4 is 4.74 Å². The maximum atomic E-state index is 15.3. The molecule has 0 saturated heterocycles. The molecule has 166 valence electrons. The minimum Gasteiger partial charge on any atom is -0.494 e. The molecule has 4 heteroatoms. The molecule has 0 unspecified atom stereocenters. The van der Waals surface area contributed by atoms with E-state index in [1.165, 1.54) is 63.3 Å². The van der Waals surface area contributed by atoms with Crippen LogP contribution in [0.3, 0.4) is 0 Å². The van der Waals surface area contributed by atoms with E-state index in [4.69, 9.17) is 4.74 Å². The van der Waals surface area contributed by atoms with Crippen LogP contribution in [0, 0.1) is 29.3 Å². The largest absolute Gasteiger partial charge is 0.494 e. The fourth-order valence-corrected chi connectivity index (χ4v) is 5.22.